The van der Waals surface area contributed by atoms with Crippen molar-refractivity contribution in [3.63, 3.8) is 0 Å². The fraction of sp³-hybridized carbons (Fsp3) is 0.875. The lowest BCUT2D eigenvalue weighted by molar-refractivity contribution is -0.128. The van der Waals surface area contributed by atoms with Crippen LogP contribution in [0.4, 0.5) is 4.79 Å². The highest BCUT2D eigenvalue weighted by molar-refractivity contribution is 6.74. The van der Waals surface area contributed by atoms with Crippen molar-refractivity contribution in [2.24, 2.45) is 5.11 Å². The molecule has 2 atom stereocenters. The smallest absolute Gasteiger partial charge is 0.417 e. The van der Waals surface area contributed by atoms with Gasteiger partial charge in [0.15, 0.2) is 8.32 Å². The van der Waals surface area contributed by atoms with Crippen molar-refractivity contribution >= 4 is 20.3 Å². The van der Waals surface area contributed by atoms with Gasteiger partial charge in [0.25, 0.3) is 0 Å². The van der Waals surface area contributed by atoms with Gasteiger partial charge >= 0.3 is 6.09 Å². The molecule has 0 radical (unpaired) electrons. The summed E-state index contributed by atoms with van der Waals surface area (Å²) in [5.41, 5.74) is 7.94. The van der Waals surface area contributed by atoms with E-state index in [2.05, 4.69) is 43.9 Å². The first-order chi connectivity index (χ1) is 11.2. The maximum atomic E-state index is 12.5. The molecule has 0 aliphatic carbocycles. The van der Waals surface area contributed by atoms with E-state index >= 15 is 0 Å². The van der Waals surface area contributed by atoms with E-state index in [4.69, 9.17) is 14.7 Å². The van der Waals surface area contributed by atoms with Crippen molar-refractivity contribution in [2.45, 2.75) is 83.8 Å². The third-order valence-electron chi connectivity index (χ3n) is 4.58. The number of carbonyl (C=O) groups excluding carboxylic acids is 2. The lowest BCUT2D eigenvalue weighted by Crippen LogP contribution is -2.50. The van der Waals surface area contributed by atoms with Crippen molar-refractivity contribution in [1.29, 1.82) is 0 Å². The Morgan fingerprint density at radius 3 is 2.32 bits per heavy atom. The summed E-state index contributed by atoms with van der Waals surface area (Å²) in [5.74, 6) is -0.365. The summed E-state index contributed by atoms with van der Waals surface area (Å²) in [6.45, 7) is 15.6. The molecule has 9 heteroatoms. The monoisotopic (exact) mass is 370 g/mol. The Kier molecular flexibility index (Phi) is 6.31. The Morgan fingerprint density at radius 1 is 1.32 bits per heavy atom. The molecule has 0 unspecified atom stereocenters. The van der Waals surface area contributed by atoms with Crippen LogP contribution in [-0.2, 0) is 14.0 Å². The predicted molar refractivity (Wildman–Crippen MR) is 97.6 cm³/mol. The van der Waals surface area contributed by atoms with Crippen LogP contribution in [0.1, 0.15) is 48.0 Å². The van der Waals surface area contributed by atoms with Crippen molar-refractivity contribution < 1.29 is 18.8 Å². The average molecular weight is 371 g/mol. The Morgan fingerprint density at radius 2 is 1.88 bits per heavy atom. The molecular formula is C16H30N4O4Si. The number of amides is 2. The molecule has 0 spiro atoms. The summed E-state index contributed by atoms with van der Waals surface area (Å²) >= 11 is 0. The summed E-state index contributed by atoms with van der Waals surface area (Å²) in [6.07, 6.45) is -1.14. The molecule has 1 heterocycles. The van der Waals surface area contributed by atoms with Crippen LogP contribution in [0.3, 0.4) is 0 Å². The lowest BCUT2D eigenvalue weighted by atomic mass is 10.2. The topological polar surface area (TPSA) is 105 Å². The van der Waals surface area contributed by atoms with Gasteiger partial charge in [0.2, 0.25) is 5.91 Å². The molecule has 1 aliphatic heterocycles. The second-order valence-electron chi connectivity index (χ2n) is 8.85. The van der Waals surface area contributed by atoms with Crippen molar-refractivity contribution in [1.82, 2.24) is 4.90 Å². The van der Waals surface area contributed by atoms with E-state index in [9.17, 15) is 9.59 Å². The van der Waals surface area contributed by atoms with E-state index in [0.717, 1.165) is 4.90 Å². The van der Waals surface area contributed by atoms with E-state index in [-0.39, 0.29) is 23.9 Å². The van der Waals surface area contributed by atoms with Crippen LogP contribution in [0.5, 0.6) is 0 Å². The molecule has 0 saturated carbocycles. The first kappa shape index (κ1) is 21.5. The predicted octanol–water partition coefficient (Wildman–Crippen LogP) is 4.22. The summed E-state index contributed by atoms with van der Waals surface area (Å²) in [4.78, 5) is 28.7. The fourth-order valence-electron chi connectivity index (χ4n) is 2.30. The zero-order valence-corrected chi connectivity index (χ0v) is 17.5. The Bertz CT molecular complexity index is 574. The number of carbonyl (C=O) groups is 2. The van der Waals surface area contributed by atoms with Gasteiger partial charge in [-0.05, 0) is 44.4 Å². The highest BCUT2D eigenvalue weighted by atomic mass is 28.4. The second kappa shape index (κ2) is 7.35. The number of imide groups is 1. The van der Waals surface area contributed by atoms with Crippen molar-refractivity contribution in [2.75, 3.05) is 6.54 Å². The molecule has 2 amide bonds. The Balaban J connectivity index is 3.09. The maximum absolute atomic E-state index is 12.5. The summed E-state index contributed by atoms with van der Waals surface area (Å²) in [7, 11) is -2.16. The molecule has 0 N–H and O–H groups in total. The first-order valence-corrected chi connectivity index (χ1v) is 11.3. The zero-order valence-electron chi connectivity index (χ0n) is 16.5. The van der Waals surface area contributed by atoms with Crippen LogP contribution in [0.25, 0.3) is 10.4 Å². The molecule has 1 aliphatic rings. The van der Waals surface area contributed by atoms with Gasteiger partial charge in [-0.2, -0.15) is 0 Å². The number of nitrogens with zero attached hydrogens (tertiary/aromatic N) is 4. The number of hydrogen-bond acceptors (Lipinski definition) is 5. The molecule has 1 fully saturated rings. The third kappa shape index (κ3) is 5.45. The number of azide groups is 1. The molecule has 25 heavy (non-hydrogen) atoms. The summed E-state index contributed by atoms with van der Waals surface area (Å²) in [6, 6.07) is -0.646. The average Bonchev–Trinajstić information content (AvgIpc) is 2.68. The SMILES string of the molecule is CC(C)(C)OC(=O)N1C(=O)C[C@H](O[Si](C)(C)C(C)(C)C)[C@H]1CN=[N+]=[N-]. The number of hydrogen-bond donors (Lipinski definition) is 0. The van der Waals surface area contributed by atoms with Crippen LogP contribution < -0.4 is 0 Å². The zero-order chi connectivity index (χ0) is 19.6. The highest BCUT2D eigenvalue weighted by Gasteiger charge is 2.49. The van der Waals surface area contributed by atoms with Gasteiger partial charge in [-0.15, -0.1) is 0 Å². The molecule has 0 aromatic carbocycles. The summed E-state index contributed by atoms with van der Waals surface area (Å²) < 4.78 is 11.7. The minimum atomic E-state index is -2.16. The first-order valence-electron chi connectivity index (χ1n) is 8.43. The van der Waals surface area contributed by atoms with Crippen LogP contribution in [0.2, 0.25) is 18.1 Å². The largest absolute Gasteiger partial charge is 0.443 e. The molecule has 142 valence electrons. The van der Waals surface area contributed by atoms with Gasteiger partial charge in [-0.25, -0.2) is 9.69 Å². The maximum Gasteiger partial charge on any atom is 0.417 e. The number of likely N-dealkylation sites (tertiary alicyclic amines) is 1. The Hall–Kier alpha value is -1.57. The van der Waals surface area contributed by atoms with E-state index in [1.807, 2.05) is 0 Å². The second-order valence-corrected chi connectivity index (χ2v) is 13.6. The van der Waals surface area contributed by atoms with Crippen LogP contribution in [0.15, 0.2) is 5.11 Å². The van der Waals surface area contributed by atoms with Gasteiger partial charge in [0.05, 0.1) is 18.6 Å². The van der Waals surface area contributed by atoms with Crippen molar-refractivity contribution in [3.8, 4) is 0 Å². The van der Waals surface area contributed by atoms with E-state index < -0.39 is 32.2 Å². The molecule has 0 bridgehead atoms. The van der Waals surface area contributed by atoms with Crippen molar-refractivity contribution in [3.05, 3.63) is 10.4 Å². The Labute approximate surface area is 150 Å². The van der Waals surface area contributed by atoms with Gasteiger partial charge in [-0.3, -0.25) is 4.79 Å². The summed E-state index contributed by atoms with van der Waals surface area (Å²) in [5, 5.41) is 3.53. The highest BCUT2D eigenvalue weighted by Crippen LogP contribution is 2.39. The lowest BCUT2D eigenvalue weighted by Gasteiger charge is -2.39. The van der Waals surface area contributed by atoms with Crippen LogP contribution in [-0.4, -0.2) is 49.5 Å². The molecule has 1 rings (SSSR count). The van der Waals surface area contributed by atoms with Gasteiger partial charge < -0.3 is 9.16 Å². The van der Waals surface area contributed by atoms with E-state index in [0.29, 0.717) is 0 Å². The number of ether oxygens (including phenoxy) is 1. The van der Waals surface area contributed by atoms with Crippen LogP contribution >= 0.6 is 0 Å². The van der Waals surface area contributed by atoms with Crippen LogP contribution in [0, 0.1) is 0 Å². The van der Waals surface area contributed by atoms with Gasteiger partial charge in [-0.1, -0.05) is 25.9 Å². The normalized spacial score (nSPS) is 21.9. The number of rotatable bonds is 4. The minimum Gasteiger partial charge on any atom is -0.443 e. The van der Waals surface area contributed by atoms with Gasteiger partial charge in [0.1, 0.15) is 5.60 Å². The third-order valence-corrected chi connectivity index (χ3v) is 9.08. The molecule has 8 nitrogen and oxygen atoms in total. The molecule has 1 saturated heterocycles. The molecule has 0 aromatic heterocycles. The quantitative estimate of drug-likeness (QED) is 0.319. The van der Waals surface area contributed by atoms with E-state index in [1.54, 1.807) is 20.8 Å². The molecule has 0 aromatic rings. The minimum absolute atomic E-state index is 0.0270. The molecular weight excluding hydrogens is 340 g/mol. The van der Waals surface area contributed by atoms with E-state index in [1.165, 1.54) is 0 Å². The fourth-order valence-corrected chi connectivity index (χ4v) is 3.65. The van der Waals surface area contributed by atoms with Gasteiger partial charge in [0, 0.05) is 11.5 Å². The standard InChI is InChI=1S/C16H30N4O4Si/c1-15(2,3)23-14(22)20-11(10-18-19-17)12(9-13(20)21)24-25(7,8)16(4,5)6/h11-12H,9-10H2,1-8H3/t11-,12+/m1/s1.